The highest BCUT2D eigenvalue weighted by atomic mass is 32.1. The van der Waals surface area contributed by atoms with Crippen LogP contribution >= 0.6 is 12.6 Å². The lowest BCUT2D eigenvalue weighted by Gasteiger charge is -1.70. The number of hydrogen-bond acceptors (Lipinski definition) is 2. The zero-order valence-electron chi connectivity index (χ0n) is 3.43. The Labute approximate surface area is 42.5 Å². The lowest BCUT2D eigenvalue weighted by atomic mass is 10.4. The van der Waals surface area contributed by atoms with Crippen LogP contribution in [-0.2, 0) is 4.79 Å². The molecule has 6 heavy (non-hydrogen) atoms. The van der Waals surface area contributed by atoms with Crippen LogP contribution in [-0.4, -0.2) is 6.29 Å². The van der Waals surface area contributed by atoms with Crippen LogP contribution in [0.1, 0.15) is 6.92 Å². The second kappa shape index (κ2) is 2.97. The van der Waals surface area contributed by atoms with E-state index in [9.17, 15) is 4.79 Å². The Morgan fingerprint density at radius 3 is 2.50 bits per heavy atom. The van der Waals surface area contributed by atoms with Crippen molar-refractivity contribution in [3.05, 3.63) is 11.0 Å². The second-order valence-corrected chi connectivity index (χ2v) is 1.17. The molecule has 0 aliphatic rings. The maximum Gasteiger partial charge on any atom is 0.229 e. The van der Waals surface area contributed by atoms with E-state index in [1.54, 1.807) is 13.2 Å². The van der Waals surface area contributed by atoms with E-state index in [4.69, 9.17) is 0 Å². The number of allylic oxidation sites excluding steroid dienone is 1. The van der Waals surface area contributed by atoms with Crippen LogP contribution in [0, 0.1) is 0 Å². The standard InChI is InChI=1S/C4H5OS/c1-4(2-5)3-6/h3,6H,1H3. The molecule has 0 amide bonds. The largest absolute Gasteiger partial charge is 0.285 e. The summed E-state index contributed by atoms with van der Waals surface area (Å²) in [5.41, 5.74) is 0.526. The van der Waals surface area contributed by atoms with E-state index in [1.807, 2.05) is 0 Å². The Kier molecular flexibility index (Phi) is 2.85. The Hall–Kier alpha value is -0.240. The molecule has 0 spiro atoms. The number of rotatable bonds is 1. The quantitative estimate of drug-likeness (QED) is 0.384. The second-order valence-electron chi connectivity index (χ2n) is 0.914. The van der Waals surface area contributed by atoms with Crippen LogP contribution in [0.2, 0.25) is 0 Å². The first-order valence-corrected chi connectivity index (χ1v) is 2.02. The summed E-state index contributed by atoms with van der Waals surface area (Å²) in [4.78, 5) is 9.49. The summed E-state index contributed by atoms with van der Waals surface area (Å²) in [6, 6.07) is 0. The van der Waals surface area contributed by atoms with Crippen molar-refractivity contribution in [2.24, 2.45) is 0 Å². The predicted octanol–water partition coefficient (Wildman–Crippen LogP) is 0.930. The fourth-order valence-electron chi connectivity index (χ4n) is 0.0264. The fraction of sp³-hybridized carbons (Fsp3) is 0.250. The molecule has 0 fully saturated rings. The first-order valence-electron chi connectivity index (χ1n) is 1.50. The number of thiol groups is 1. The van der Waals surface area contributed by atoms with Gasteiger partial charge in [-0.25, -0.2) is 0 Å². The lowest BCUT2D eigenvalue weighted by molar-refractivity contribution is 0.562. The van der Waals surface area contributed by atoms with Gasteiger partial charge in [0, 0.05) is 5.57 Å². The maximum absolute atomic E-state index is 9.49. The van der Waals surface area contributed by atoms with Gasteiger partial charge in [0.25, 0.3) is 0 Å². The van der Waals surface area contributed by atoms with Crippen molar-refractivity contribution < 1.29 is 4.79 Å². The van der Waals surface area contributed by atoms with Crippen LogP contribution in [0.15, 0.2) is 11.0 Å². The smallest absolute Gasteiger partial charge is 0.229 e. The average Bonchev–Trinajstić information content (AvgIpc) is 1.65. The van der Waals surface area contributed by atoms with Gasteiger partial charge >= 0.3 is 0 Å². The average molecular weight is 101 g/mol. The fourth-order valence-corrected chi connectivity index (χ4v) is 0.0791. The normalized spacial score (nSPS) is 11.3. The molecule has 0 aromatic rings. The molecule has 0 atom stereocenters. The molecule has 0 aromatic heterocycles. The molecule has 0 bridgehead atoms. The van der Waals surface area contributed by atoms with Crippen molar-refractivity contribution >= 4 is 18.9 Å². The highest BCUT2D eigenvalue weighted by molar-refractivity contribution is 7.83. The molecule has 0 heterocycles. The molecule has 1 nitrogen and oxygen atoms in total. The van der Waals surface area contributed by atoms with Crippen molar-refractivity contribution in [2.75, 3.05) is 0 Å². The van der Waals surface area contributed by atoms with Gasteiger partial charge in [-0.3, -0.25) is 4.79 Å². The van der Waals surface area contributed by atoms with Crippen molar-refractivity contribution in [3.63, 3.8) is 0 Å². The summed E-state index contributed by atoms with van der Waals surface area (Å²) in [7, 11) is 0. The Morgan fingerprint density at radius 2 is 2.50 bits per heavy atom. The summed E-state index contributed by atoms with van der Waals surface area (Å²) in [5, 5.41) is 1.41. The van der Waals surface area contributed by atoms with Crippen LogP contribution in [0.4, 0.5) is 0 Å². The van der Waals surface area contributed by atoms with E-state index in [2.05, 4.69) is 12.6 Å². The van der Waals surface area contributed by atoms with E-state index >= 15 is 0 Å². The summed E-state index contributed by atoms with van der Waals surface area (Å²) >= 11 is 3.67. The van der Waals surface area contributed by atoms with Gasteiger partial charge in [0.05, 0.1) is 0 Å². The zero-order valence-corrected chi connectivity index (χ0v) is 4.33. The molecule has 0 rings (SSSR count). The number of carbonyl (C=O) groups excluding carboxylic acids is 1. The molecule has 0 saturated carbocycles. The highest BCUT2D eigenvalue weighted by Crippen LogP contribution is 1.85. The molecule has 2 heteroatoms. The minimum Gasteiger partial charge on any atom is -0.285 e. The predicted molar refractivity (Wildman–Crippen MR) is 28.4 cm³/mol. The highest BCUT2D eigenvalue weighted by Gasteiger charge is 1.75. The summed E-state index contributed by atoms with van der Waals surface area (Å²) in [6.07, 6.45) is 1.65. The van der Waals surface area contributed by atoms with Gasteiger partial charge in [0.15, 0.2) is 0 Å². The Balaban J connectivity index is 3.50. The Morgan fingerprint density at radius 1 is 2.00 bits per heavy atom. The molecule has 0 N–H and O–H groups in total. The third-order valence-corrected chi connectivity index (χ3v) is 0.742. The third-order valence-electron chi connectivity index (χ3n) is 0.355. The maximum atomic E-state index is 9.49. The molecule has 1 radical (unpaired) electrons. The van der Waals surface area contributed by atoms with E-state index < -0.39 is 0 Å². The van der Waals surface area contributed by atoms with E-state index in [0.29, 0.717) is 5.57 Å². The SMILES string of the molecule is CC([C]=O)=CS. The molecule has 0 aliphatic heterocycles. The van der Waals surface area contributed by atoms with Gasteiger partial charge in [-0.1, -0.05) is 0 Å². The van der Waals surface area contributed by atoms with Gasteiger partial charge in [-0.2, -0.15) is 12.6 Å². The van der Waals surface area contributed by atoms with Gasteiger partial charge in [0.1, 0.15) is 0 Å². The molecular formula is C4H5OS. The minimum absolute atomic E-state index is 0.526. The van der Waals surface area contributed by atoms with E-state index in [0.717, 1.165) is 0 Å². The molecule has 0 unspecified atom stereocenters. The molecular weight excluding hydrogens is 96.1 g/mol. The molecule has 0 saturated heterocycles. The van der Waals surface area contributed by atoms with Crippen LogP contribution in [0.25, 0.3) is 0 Å². The molecule has 0 aliphatic carbocycles. The molecule has 33 valence electrons. The van der Waals surface area contributed by atoms with Crippen molar-refractivity contribution in [1.82, 2.24) is 0 Å². The van der Waals surface area contributed by atoms with Gasteiger partial charge in [0.2, 0.25) is 6.29 Å². The van der Waals surface area contributed by atoms with Gasteiger partial charge < -0.3 is 0 Å². The van der Waals surface area contributed by atoms with E-state index in [1.165, 1.54) is 5.41 Å². The summed E-state index contributed by atoms with van der Waals surface area (Å²) < 4.78 is 0. The first kappa shape index (κ1) is 5.76. The molecule has 0 aromatic carbocycles. The first-order chi connectivity index (χ1) is 2.81. The van der Waals surface area contributed by atoms with Crippen LogP contribution < -0.4 is 0 Å². The Bertz CT molecular complexity index is 75.6. The van der Waals surface area contributed by atoms with Crippen molar-refractivity contribution in [3.8, 4) is 0 Å². The summed E-state index contributed by atoms with van der Waals surface area (Å²) in [6.45, 7) is 1.64. The van der Waals surface area contributed by atoms with Crippen LogP contribution in [0.3, 0.4) is 0 Å². The monoisotopic (exact) mass is 101 g/mol. The van der Waals surface area contributed by atoms with E-state index in [-0.39, 0.29) is 0 Å². The minimum atomic E-state index is 0.526. The van der Waals surface area contributed by atoms with Crippen LogP contribution in [0.5, 0.6) is 0 Å². The van der Waals surface area contributed by atoms with Gasteiger partial charge in [-0.15, -0.1) is 0 Å². The number of hydrogen-bond donors (Lipinski definition) is 1. The third kappa shape index (κ3) is 2.03. The van der Waals surface area contributed by atoms with Crippen molar-refractivity contribution in [1.29, 1.82) is 0 Å². The van der Waals surface area contributed by atoms with Crippen molar-refractivity contribution in [2.45, 2.75) is 6.92 Å². The topological polar surface area (TPSA) is 17.1 Å². The van der Waals surface area contributed by atoms with Gasteiger partial charge in [-0.05, 0) is 12.3 Å². The lowest BCUT2D eigenvalue weighted by Crippen LogP contribution is -1.68. The summed E-state index contributed by atoms with van der Waals surface area (Å²) in [5.74, 6) is 0. The zero-order chi connectivity index (χ0) is 4.99.